The number of carboxylic acids is 1. The number of nitrogens with two attached hydrogens (primary N) is 1. The third-order valence-electron chi connectivity index (χ3n) is 4.44. The van der Waals surface area contributed by atoms with Crippen LogP contribution >= 0.6 is 0 Å². The lowest BCUT2D eigenvalue weighted by Crippen LogP contribution is -2.50. The zero-order valence-corrected chi connectivity index (χ0v) is 16.5. The van der Waals surface area contributed by atoms with E-state index in [0.29, 0.717) is 5.56 Å². The first-order valence-electron chi connectivity index (χ1n) is 9.24. The van der Waals surface area contributed by atoms with E-state index in [4.69, 9.17) is 5.73 Å². The van der Waals surface area contributed by atoms with E-state index in [-0.39, 0.29) is 24.6 Å². The van der Waals surface area contributed by atoms with Crippen molar-refractivity contribution in [1.82, 2.24) is 16.0 Å². The minimum absolute atomic E-state index is 0.0128. The van der Waals surface area contributed by atoms with Crippen molar-refractivity contribution < 1.29 is 29.4 Å². The van der Waals surface area contributed by atoms with Crippen LogP contribution < -0.4 is 21.7 Å². The van der Waals surface area contributed by atoms with Crippen molar-refractivity contribution in [3.63, 3.8) is 0 Å². The molecule has 0 fully saturated rings. The third-order valence-corrected chi connectivity index (χ3v) is 4.44. The maximum Gasteiger partial charge on any atom is 0.326 e. The summed E-state index contributed by atoms with van der Waals surface area (Å²) in [6.45, 7) is 2.94. The summed E-state index contributed by atoms with van der Waals surface area (Å²) in [5, 5.41) is 25.5. The Hall–Kier alpha value is -3.14. The number of benzene rings is 1. The molecule has 3 unspecified atom stereocenters. The number of carbonyl (C=O) groups excluding carboxylic acids is 3. The van der Waals surface area contributed by atoms with E-state index >= 15 is 0 Å². The number of hydrogen-bond donors (Lipinski definition) is 6. The Balaban J connectivity index is 2.43. The Morgan fingerprint density at radius 3 is 2.17 bits per heavy atom. The Morgan fingerprint density at radius 2 is 1.62 bits per heavy atom. The van der Waals surface area contributed by atoms with E-state index < -0.39 is 42.3 Å². The van der Waals surface area contributed by atoms with E-state index in [0.717, 1.165) is 6.42 Å². The average molecular weight is 408 g/mol. The van der Waals surface area contributed by atoms with Gasteiger partial charge in [0, 0.05) is 6.42 Å². The second kappa shape index (κ2) is 11.6. The molecule has 3 atom stereocenters. The predicted molar refractivity (Wildman–Crippen MR) is 105 cm³/mol. The molecule has 0 aromatic heterocycles. The molecule has 0 bridgehead atoms. The Labute approximate surface area is 168 Å². The zero-order valence-electron chi connectivity index (χ0n) is 16.5. The second-order valence-corrected chi connectivity index (χ2v) is 6.73. The van der Waals surface area contributed by atoms with Crippen LogP contribution in [0.5, 0.6) is 5.75 Å². The lowest BCUT2D eigenvalue weighted by Gasteiger charge is -2.17. The fraction of sp³-hybridized carbons (Fsp3) is 0.474. The molecule has 0 aliphatic rings. The molecule has 29 heavy (non-hydrogen) atoms. The van der Waals surface area contributed by atoms with Gasteiger partial charge in [0.25, 0.3) is 0 Å². The standard InChI is InChI=1S/C19H28N4O6/c1-3-11(2)17(20)18(27)22-9-15(25)21-10-16(26)23-14(19(28)29)8-12-4-6-13(24)7-5-12/h4-7,11,14,17,24H,3,8-10,20H2,1-2H3,(H,21,25)(H,22,27)(H,23,26)(H,28,29). The normalized spacial score (nSPS) is 13.6. The lowest BCUT2D eigenvalue weighted by molar-refractivity contribution is -0.141. The van der Waals surface area contributed by atoms with Crippen LogP contribution in [-0.4, -0.2) is 59.1 Å². The number of rotatable bonds is 11. The molecular weight excluding hydrogens is 380 g/mol. The maximum absolute atomic E-state index is 11.9. The highest BCUT2D eigenvalue weighted by molar-refractivity contribution is 5.90. The number of amides is 3. The van der Waals surface area contributed by atoms with E-state index in [2.05, 4.69) is 16.0 Å². The number of carbonyl (C=O) groups is 4. The number of phenolic OH excluding ortho intramolecular Hbond substituents is 1. The Kier molecular flexibility index (Phi) is 9.60. The first-order valence-corrected chi connectivity index (χ1v) is 9.24. The van der Waals surface area contributed by atoms with Gasteiger partial charge in [-0.15, -0.1) is 0 Å². The molecule has 0 saturated carbocycles. The van der Waals surface area contributed by atoms with Gasteiger partial charge in [-0.25, -0.2) is 4.79 Å². The quantitative estimate of drug-likeness (QED) is 0.276. The van der Waals surface area contributed by atoms with Crippen molar-refractivity contribution in [2.24, 2.45) is 11.7 Å². The van der Waals surface area contributed by atoms with E-state index in [1.807, 2.05) is 13.8 Å². The maximum atomic E-state index is 11.9. The van der Waals surface area contributed by atoms with Crippen LogP contribution in [0.3, 0.4) is 0 Å². The SMILES string of the molecule is CCC(C)C(N)C(=O)NCC(=O)NCC(=O)NC(Cc1ccc(O)cc1)C(=O)O. The molecule has 0 heterocycles. The van der Waals surface area contributed by atoms with Crippen molar-refractivity contribution in [2.75, 3.05) is 13.1 Å². The minimum Gasteiger partial charge on any atom is -0.508 e. The Morgan fingerprint density at radius 1 is 1.03 bits per heavy atom. The zero-order chi connectivity index (χ0) is 22.0. The molecule has 10 nitrogen and oxygen atoms in total. The second-order valence-electron chi connectivity index (χ2n) is 6.73. The highest BCUT2D eigenvalue weighted by Gasteiger charge is 2.22. The van der Waals surface area contributed by atoms with Gasteiger partial charge >= 0.3 is 5.97 Å². The number of aliphatic carboxylic acids is 1. The molecule has 160 valence electrons. The van der Waals surface area contributed by atoms with Crippen LogP contribution in [0, 0.1) is 5.92 Å². The molecule has 10 heteroatoms. The van der Waals surface area contributed by atoms with Gasteiger partial charge in [-0.3, -0.25) is 14.4 Å². The summed E-state index contributed by atoms with van der Waals surface area (Å²) in [4.78, 5) is 46.9. The summed E-state index contributed by atoms with van der Waals surface area (Å²) < 4.78 is 0. The van der Waals surface area contributed by atoms with E-state index in [9.17, 15) is 29.4 Å². The van der Waals surface area contributed by atoms with Gasteiger partial charge in [0.15, 0.2) is 0 Å². The molecule has 0 saturated heterocycles. The van der Waals surface area contributed by atoms with Crippen molar-refractivity contribution >= 4 is 23.7 Å². The first kappa shape index (κ1) is 23.9. The molecule has 1 rings (SSSR count). The third kappa shape index (κ3) is 8.60. The summed E-state index contributed by atoms with van der Waals surface area (Å²) in [5.41, 5.74) is 6.37. The number of carboxylic acid groups (broad SMARTS) is 1. The monoisotopic (exact) mass is 408 g/mol. The van der Waals surface area contributed by atoms with Gasteiger partial charge in [0.05, 0.1) is 19.1 Å². The van der Waals surface area contributed by atoms with Gasteiger partial charge in [-0.05, 0) is 23.6 Å². The van der Waals surface area contributed by atoms with Crippen LogP contribution in [0.4, 0.5) is 0 Å². The van der Waals surface area contributed by atoms with Gasteiger partial charge in [-0.1, -0.05) is 32.4 Å². The Bertz CT molecular complexity index is 722. The summed E-state index contributed by atoms with van der Waals surface area (Å²) in [6.07, 6.45) is 0.731. The van der Waals surface area contributed by atoms with Crippen LogP contribution in [0.1, 0.15) is 25.8 Å². The van der Waals surface area contributed by atoms with Gasteiger partial charge in [-0.2, -0.15) is 0 Å². The first-order chi connectivity index (χ1) is 13.6. The largest absolute Gasteiger partial charge is 0.508 e. The van der Waals surface area contributed by atoms with Gasteiger partial charge < -0.3 is 31.9 Å². The summed E-state index contributed by atoms with van der Waals surface area (Å²) in [5.74, 6) is -2.97. The predicted octanol–water partition coefficient (Wildman–Crippen LogP) is -0.890. The summed E-state index contributed by atoms with van der Waals surface area (Å²) >= 11 is 0. The van der Waals surface area contributed by atoms with Crippen LogP contribution in [0.15, 0.2) is 24.3 Å². The summed E-state index contributed by atoms with van der Waals surface area (Å²) in [7, 11) is 0. The highest BCUT2D eigenvalue weighted by Crippen LogP contribution is 2.11. The number of phenols is 1. The number of nitrogens with one attached hydrogen (secondary N) is 3. The number of aromatic hydroxyl groups is 1. The highest BCUT2D eigenvalue weighted by atomic mass is 16.4. The molecule has 0 radical (unpaired) electrons. The smallest absolute Gasteiger partial charge is 0.326 e. The molecule has 3 amide bonds. The van der Waals surface area contributed by atoms with E-state index in [1.54, 1.807) is 12.1 Å². The van der Waals surface area contributed by atoms with Crippen molar-refractivity contribution in [2.45, 2.75) is 38.8 Å². The van der Waals surface area contributed by atoms with Crippen molar-refractivity contribution in [3.8, 4) is 5.75 Å². The molecule has 1 aromatic carbocycles. The van der Waals surface area contributed by atoms with Crippen molar-refractivity contribution in [3.05, 3.63) is 29.8 Å². The molecule has 7 N–H and O–H groups in total. The van der Waals surface area contributed by atoms with Gasteiger partial charge in [0.2, 0.25) is 17.7 Å². The average Bonchev–Trinajstić information content (AvgIpc) is 2.70. The van der Waals surface area contributed by atoms with Crippen LogP contribution in [0.2, 0.25) is 0 Å². The topological polar surface area (TPSA) is 171 Å². The fourth-order valence-electron chi connectivity index (χ4n) is 2.35. The minimum atomic E-state index is -1.23. The summed E-state index contributed by atoms with van der Waals surface area (Å²) in [6, 6.07) is 4.00. The molecule has 0 spiro atoms. The number of hydrogen-bond acceptors (Lipinski definition) is 6. The molecule has 1 aromatic rings. The fourth-order valence-corrected chi connectivity index (χ4v) is 2.35. The van der Waals surface area contributed by atoms with Crippen LogP contribution in [-0.2, 0) is 25.6 Å². The molecule has 0 aliphatic heterocycles. The van der Waals surface area contributed by atoms with Crippen molar-refractivity contribution in [1.29, 1.82) is 0 Å². The van der Waals surface area contributed by atoms with Crippen LogP contribution in [0.25, 0.3) is 0 Å². The lowest BCUT2D eigenvalue weighted by atomic mass is 9.99. The molecular formula is C19H28N4O6. The van der Waals surface area contributed by atoms with E-state index in [1.165, 1.54) is 12.1 Å². The van der Waals surface area contributed by atoms with Gasteiger partial charge in [0.1, 0.15) is 11.8 Å². The molecule has 0 aliphatic carbocycles.